The normalized spacial score (nSPS) is 32.7. The lowest BCUT2D eigenvalue weighted by molar-refractivity contribution is -0.146. The molecule has 1 saturated carbocycles. The van der Waals surface area contributed by atoms with Gasteiger partial charge in [0.25, 0.3) is 0 Å². The molecule has 3 nitrogen and oxygen atoms in total. The molecule has 0 radical (unpaired) electrons. The van der Waals surface area contributed by atoms with Crippen molar-refractivity contribution in [1.29, 1.82) is 0 Å². The number of rotatable bonds is 1. The summed E-state index contributed by atoms with van der Waals surface area (Å²) < 4.78 is 0. The van der Waals surface area contributed by atoms with Crippen LogP contribution in [0.15, 0.2) is 17.1 Å². The molecule has 2 atom stereocenters. The monoisotopic (exact) mass is 237 g/mol. The number of dihydropyridines is 1. The quantitative estimate of drug-likeness (QED) is 0.760. The highest BCUT2D eigenvalue weighted by Crippen LogP contribution is 2.43. The molecular weight excluding hydrogens is 225 g/mol. The Balaban J connectivity index is 0.000000845. The van der Waals surface area contributed by atoms with Crippen LogP contribution in [0.25, 0.3) is 0 Å². The van der Waals surface area contributed by atoms with Crippen LogP contribution in [-0.2, 0) is 4.79 Å². The predicted octanol–water partition coefficient (Wildman–Crippen LogP) is 2.09. The van der Waals surface area contributed by atoms with Crippen LogP contribution in [0, 0.1) is 5.41 Å². The second-order valence-electron chi connectivity index (χ2n) is 3.41. The highest BCUT2D eigenvalue weighted by Gasteiger charge is 2.47. The van der Waals surface area contributed by atoms with E-state index in [1.54, 1.807) is 18.4 Å². The maximum Gasteiger partial charge on any atom is 0.315 e. The molecule has 1 aliphatic heterocycles. The molecule has 80 valence electrons. The molecule has 0 aromatic heterocycles. The summed E-state index contributed by atoms with van der Waals surface area (Å²) in [4.78, 5) is 15.2. The summed E-state index contributed by atoms with van der Waals surface area (Å²) in [5.74, 6) is -0.724. The van der Waals surface area contributed by atoms with Crippen LogP contribution in [0.1, 0.15) is 19.3 Å². The SMILES string of the molecule is Cl.Cl.O=C(O)C12C=CC=NC1CCC2. The summed E-state index contributed by atoms with van der Waals surface area (Å²) in [7, 11) is 0. The van der Waals surface area contributed by atoms with Gasteiger partial charge in [-0.25, -0.2) is 0 Å². The Labute approximate surface area is 95.1 Å². The van der Waals surface area contributed by atoms with Crippen molar-refractivity contribution in [3.05, 3.63) is 12.2 Å². The molecule has 0 spiro atoms. The van der Waals surface area contributed by atoms with Crippen LogP contribution in [0.3, 0.4) is 0 Å². The van der Waals surface area contributed by atoms with Gasteiger partial charge >= 0.3 is 5.97 Å². The Morgan fingerprint density at radius 3 is 2.79 bits per heavy atom. The Hall–Kier alpha value is -0.540. The molecule has 0 aromatic rings. The van der Waals surface area contributed by atoms with Crippen molar-refractivity contribution in [1.82, 2.24) is 0 Å². The molecule has 5 heteroatoms. The minimum Gasteiger partial charge on any atom is -0.481 e. The number of aliphatic imine (C=N–C) groups is 1. The van der Waals surface area contributed by atoms with Crippen molar-refractivity contribution in [2.24, 2.45) is 10.4 Å². The number of hydrogen-bond donors (Lipinski definition) is 1. The first-order valence-electron chi connectivity index (χ1n) is 4.20. The molecule has 0 aromatic carbocycles. The topological polar surface area (TPSA) is 49.7 Å². The van der Waals surface area contributed by atoms with E-state index in [-0.39, 0.29) is 30.9 Å². The van der Waals surface area contributed by atoms with Crippen molar-refractivity contribution in [2.45, 2.75) is 25.3 Å². The van der Waals surface area contributed by atoms with Crippen molar-refractivity contribution >= 4 is 37.0 Å². The summed E-state index contributed by atoms with van der Waals surface area (Å²) in [5.41, 5.74) is -0.672. The van der Waals surface area contributed by atoms with Gasteiger partial charge in [-0.3, -0.25) is 9.79 Å². The summed E-state index contributed by atoms with van der Waals surface area (Å²) in [6.07, 6.45) is 7.86. The number of carboxylic acid groups (broad SMARTS) is 1. The number of allylic oxidation sites excluding steroid dienone is 1. The molecular formula is C9H13Cl2NO2. The predicted molar refractivity (Wildman–Crippen MR) is 59.8 cm³/mol. The maximum absolute atomic E-state index is 11.0. The Morgan fingerprint density at radius 2 is 2.21 bits per heavy atom. The second-order valence-corrected chi connectivity index (χ2v) is 3.41. The van der Waals surface area contributed by atoms with Gasteiger partial charge in [0.15, 0.2) is 0 Å². The lowest BCUT2D eigenvalue weighted by Gasteiger charge is -2.26. The van der Waals surface area contributed by atoms with Crippen LogP contribution in [0.4, 0.5) is 0 Å². The number of carbonyl (C=O) groups is 1. The van der Waals surface area contributed by atoms with Gasteiger partial charge in [-0.15, -0.1) is 24.8 Å². The zero-order valence-electron chi connectivity index (χ0n) is 7.55. The standard InChI is InChI=1S/C9H11NO2.2ClH/c11-8(12)9-4-1-3-7(9)10-6-2-5-9;;/h2,5-7H,1,3-4H2,(H,11,12);2*1H. The fourth-order valence-corrected chi connectivity index (χ4v) is 2.10. The third kappa shape index (κ3) is 1.79. The number of hydrogen-bond acceptors (Lipinski definition) is 2. The summed E-state index contributed by atoms with van der Waals surface area (Å²) in [5, 5.41) is 9.07. The van der Waals surface area contributed by atoms with Crippen LogP contribution in [-0.4, -0.2) is 23.3 Å². The molecule has 2 unspecified atom stereocenters. The average molecular weight is 238 g/mol. The van der Waals surface area contributed by atoms with Crippen LogP contribution < -0.4 is 0 Å². The van der Waals surface area contributed by atoms with Crippen LogP contribution in [0.5, 0.6) is 0 Å². The first kappa shape index (κ1) is 13.5. The van der Waals surface area contributed by atoms with E-state index >= 15 is 0 Å². The van der Waals surface area contributed by atoms with E-state index in [1.165, 1.54) is 0 Å². The first-order chi connectivity index (χ1) is 5.76. The molecule has 14 heavy (non-hydrogen) atoms. The molecule has 1 heterocycles. The number of halogens is 2. The number of carboxylic acids is 1. The third-order valence-electron chi connectivity index (χ3n) is 2.81. The zero-order valence-corrected chi connectivity index (χ0v) is 9.18. The van der Waals surface area contributed by atoms with Gasteiger partial charge in [-0.05, 0) is 25.3 Å². The number of aliphatic carboxylic acids is 1. The molecule has 0 saturated heterocycles. The van der Waals surface area contributed by atoms with Gasteiger partial charge in [-0.1, -0.05) is 6.08 Å². The fourth-order valence-electron chi connectivity index (χ4n) is 2.10. The lowest BCUT2D eigenvalue weighted by atomic mass is 9.81. The molecule has 1 N–H and O–H groups in total. The summed E-state index contributed by atoms with van der Waals surface area (Å²) >= 11 is 0. The van der Waals surface area contributed by atoms with Crippen molar-refractivity contribution in [3.63, 3.8) is 0 Å². The minimum atomic E-state index is -0.724. The molecule has 0 bridgehead atoms. The van der Waals surface area contributed by atoms with Crippen LogP contribution in [0.2, 0.25) is 0 Å². The second kappa shape index (κ2) is 4.80. The molecule has 2 rings (SSSR count). The molecule has 0 amide bonds. The summed E-state index contributed by atoms with van der Waals surface area (Å²) in [6.45, 7) is 0. The van der Waals surface area contributed by atoms with Gasteiger partial charge in [0.2, 0.25) is 0 Å². The van der Waals surface area contributed by atoms with Crippen molar-refractivity contribution in [2.75, 3.05) is 0 Å². The van der Waals surface area contributed by atoms with E-state index in [0.717, 1.165) is 19.3 Å². The highest BCUT2D eigenvalue weighted by atomic mass is 35.5. The first-order valence-corrected chi connectivity index (χ1v) is 4.20. The number of nitrogens with zero attached hydrogens (tertiary/aromatic N) is 1. The van der Waals surface area contributed by atoms with Gasteiger partial charge in [0.1, 0.15) is 5.41 Å². The minimum absolute atomic E-state index is 0. The lowest BCUT2D eigenvalue weighted by Crippen LogP contribution is -2.36. The molecule has 1 aliphatic carbocycles. The van der Waals surface area contributed by atoms with Crippen molar-refractivity contribution in [3.8, 4) is 0 Å². The van der Waals surface area contributed by atoms with E-state index < -0.39 is 11.4 Å². The average Bonchev–Trinajstić information content (AvgIpc) is 2.48. The van der Waals surface area contributed by atoms with Gasteiger partial charge in [0, 0.05) is 6.21 Å². The molecule has 2 aliphatic rings. The maximum atomic E-state index is 11.0. The van der Waals surface area contributed by atoms with E-state index in [4.69, 9.17) is 5.11 Å². The van der Waals surface area contributed by atoms with E-state index in [2.05, 4.69) is 4.99 Å². The van der Waals surface area contributed by atoms with E-state index in [1.807, 2.05) is 0 Å². The smallest absolute Gasteiger partial charge is 0.315 e. The zero-order chi connectivity index (χ0) is 8.60. The Bertz CT molecular complexity index is 278. The largest absolute Gasteiger partial charge is 0.481 e. The van der Waals surface area contributed by atoms with Crippen LogP contribution >= 0.6 is 24.8 Å². The fraction of sp³-hybridized carbons (Fsp3) is 0.556. The van der Waals surface area contributed by atoms with Gasteiger partial charge in [0.05, 0.1) is 6.04 Å². The van der Waals surface area contributed by atoms with Crippen molar-refractivity contribution < 1.29 is 9.90 Å². The summed E-state index contributed by atoms with van der Waals surface area (Å²) in [6, 6.07) is -0.0139. The molecule has 1 fully saturated rings. The third-order valence-corrected chi connectivity index (χ3v) is 2.81. The Morgan fingerprint density at radius 1 is 1.50 bits per heavy atom. The Kier molecular flexibility index (Phi) is 4.62. The van der Waals surface area contributed by atoms with E-state index in [9.17, 15) is 4.79 Å². The van der Waals surface area contributed by atoms with Gasteiger partial charge < -0.3 is 5.11 Å². The van der Waals surface area contributed by atoms with Gasteiger partial charge in [-0.2, -0.15) is 0 Å². The number of fused-ring (bicyclic) bond motifs is 1. The highest BCUT2D eigenvalue weighted by molar-refractivity contribution is 5.85. The van der Waals surface area contributed by atoms with E-state index in [0.29, 0.717) is 0 Å².